The Morgan fingerprint density at radius 2 is 1.59 bits per heavy atom. The first-order valence-electron chi connectivity index (χ1n) is 9.71. The maximum Gasteiger partial charge on any atom is 0.261 e. The Hall–Kier alpha value is -2.93. The molecule has 2 aromatic carbocycles. The van der Waals surface area contributed by atoms with Crippen LogP contribution in [0.5, 0.6) is 0 Å². The van der Waals surface area contributed by atoms with Gasteiger partial charge in [-0.15, -0.1) is 10.2 Å². The Bertz CT molecular complexity index is 1100. The second-order valence-electron chi connectivity index (χ2n) is 7.40. The number of nitrogens with zero attached hydrogens (tertiary/aromatic N) is 3. The van der Waals surface area contributed by atoms with Crippen LogP contribution < -0.4 is 9.62 Å². The van der Waals surface area contributed by atoms with E-state index in [1.165, 1.54) is 12.8 Å². The molecule has 6 nitrogen and oxygen atoms in total. The molecule has 1 N–H and O–H groups in total. The van der Waals surface area contributed by atoms with Gasteiger partial charge in [-0.05, 0) is 74.2 Å². The fraction of sp³-hybridized carbons (Fsp3) is 0.273. The molecule has 0 atom stereocenters. The zero-order chi connectivity index (χ0) is 20.4. The smallest absolute Gasteiger partial charge is 0.261 e. The van der Waals surface area contributed by atoms with Crippen molar-refractivity contribution in [1.29, 1.82) is 0 Å². The minimum Gasteiger partial charge on any atom is -0.355 e. The lowest BCUT2D eigenvalue weighted by atomic mass is 10.1. The molecule has 1 aliphatic heterocycles. The standard InChI is InChI=1S/C22H24N4O2S/c1-16-5-10-20(15-17(16)2)29(27,28)25-19-8-6-18(7-9-19)21-11-12-22(24-23-21)26-13-3-4-14-26/h5-12,15,25H,3-4,13-14H2,1-2H3. The first-order valence-corrected chi connectivity index (χ1v) is 11.2. The van der Waals surface area contributed by atoms with Gasteiger partial charge in [-0.25, -0.2) is 8.42 Å². The van der Waals surface area contributed by atoms with Crippen LogP contribution in [0.25, 0.3) is 11.3 Å². The van der Waals surface area contributed by atoms with Gasteiger partial charge in [-0.2, -0.15) is 0 Å². The van der Waals surface area contributed by atoms with Crippen LogP contribution in [0.4, 0.5) is 11.5 Å². The fourth-order valence-electron chi connectivity index (χ4n) is 3.40. The van der Waals surface area contributed by atoms with E-state index >= 15 is 0 Å². The molecule has 2 heterocycles. The van der Waals surface area contributed by atoms with Gasteiger partial charge in [-0.3, -0.25) is 4.72 Å². The molecular weight excluding hydrogens is 384 g/mol. The second-order valence-corrected chi connectivity index (χ2v) is 9.08. The summed E-state index contributed by atoms with van der Waals surface area (Å²) in [5, 5.41) is 8.67. The monoisotopic (exact) mass is 408 g/mol. The summed E-state index contributed by atoms with van der Waals surface area (Å²) in [6.07, 6.45) is 2.39. The van der Waals surface area contributed by atoms with Gasteiger partial charge in [0.2, 0.25) is 0 Å². The van der Waals surface area contributed by atoms with E-state index in [2.05, 4.69) is 19.8 Å². The second kappa shape index (κ2) is 7.83. The molecule has 150 valence electrons. The summed E-state index contributed by atoms with van der Waals surface area (Å²) in [7, 11) is -3.63. The molecule has 1 saturated heterocycles. The highest BCUT2D eigenvalue weighted by atomic mass is 32.2. The molecule has 0 unspecified atom stereocenters. The first kappa shape index (κ1) is 19.4. The minimum atomic E-state index is -3.63. The van der Waals surface area contributed by atoms with Crippen molar-refractivity contribution in [2.24, 2.45) is 0 Å². The molecule has 4 rings (SSSR count). The molecule has 29 heavy (non-hydrogen) atoms. The van der Waals surface area contributed by atoms with Crippen LogP contribution in [0.3, 0.4) is 0 Å². The van der Waals surface area contributed by atoms with Gasteiger partial charge >= 0.3 is 0 Å². The normalized spacial score (nSPS) is 14.2. The summed E-state index contributed by atoms with van der Waals surface area (Å²) in [5.41, 5.74) is 4.16. The topological polar surface area (TPSA) is 75.2 Å². The van der Waals surface area contributed by atoms with Crippen LogP contribution in [0.15, 0.2) is 59.5 Å². The van der Waals surface area contributed by atoms with Crippen LogP contribution in [-0.4, -0.2) is 31.7 Å². The third-order valence-electron chi connectivity index (χ3n) is 5.30. The van der Waals surface area contributed by atoms with Gasteiger partial charge < -0.3 is 4.90 Å². The molecule has 1 aliphatic rings. The van der Waals surface area contributed by atoms with E-state index in [9.17, 15) is 8.42 Å². The van der Waals surface area contributed by atoms with Crippen molar-refractivity contribution in [2.75, 3.05) is 22.7 Å². The molecule has 1 aromatic heterocycles. The predicted molar refractivity (Wildman–Crippen MR) is 116 cm³/mol. The van der Waals surface area contributed by atoms with E-state index in [0.29, 0.717) is 5.69 Å². The van der Waals surface area contributed by atoms with Crippen molar-refractivity contribution in [1.82, 2.24) is 10.2 Å². The molecule has 0 spiro atoms. The van der Waals surface area contributed by atoms with Gasteiger partial charge in [0, 0.05) is 24.3 Å². The zero-order valence-electron chi connectivity index (χ0n) is 16.6. The van der Waals surface area contributed by atoms with E-state index < -0.39 is 10.0 Å². The van der Waals surface area contributed by atoms with Crippen molar-refractivity contribution in [2.45, 2.75) is 31.6 Å². The third-order valence-corrected chi connectivity index (χ3v) is 6.68. The summed E-state index contributed by atoms with van der Waals surface area (Å²) >= 11 is 0. The molecule has 3 aromatic rings. The number of sulfonamides is 1. The lowest BCUT2D eigenvalue weighted by Crippen LogP contribution is -2.19. The van der Waals surface area contributed by atoms with Crippen molar-refractivity contribution < 1.29 is 8.42 Å². The molecular formula is C22H24N4O2S. The van der Waals surface area contributed by atoms with Gasteiger partial charge in [0.05, 0.1) is 10.6 Å². The molecule has 0 saturated carbocycles. The SMILES string of the molecule is Cc1ccc(S(=O)(=O)Nc2ccc(-c3ccc(N4CCCC4)nn3)cc2)cc1C. The number of nitrogens with one attached hydrogen (secondary N) is 1. The predicted octanol–water partition coefficient (Wildman–Crippen LogP) is 4.16. The largest absolute Gasteiger partial charge is 0.355 e. The third kappa shape index (κ3) is 4.24. The lowest BCUT2D eigenvalue weighted by Gasteiger charge is -2.15. The molecule has 1 fully saturated rings. The molecule has 0 aliphatic carbocycles. The van der Waals surface area contributed by atoms with Crippen LogP contribution in [-0.2, 0) is 10.0 Å². The van der Waals surface area contributed by atoms with Gasteiger partial charge in [0.25, 0.3) is 10.0 Å². The maximum atomic E-state index is 12.6. The highest BCUT2D eigenvalue weighted by Gasteiger charge is 2.16. The van der Waals surface area contributed by atoms with Crippen molar-refractivity contribution in [3.8, 4) is 11.3 Å². The summed E-state index contributed by atoms with van der Waals surface area (Å²) in [5.74, 6) is 0.907. The summed E-state index contributed by atoms with van der Waals surface area (Å²) < 4.78 is 27.9. The quantitative estimate of drug-likeness (QED) is 0.686. The summed E-state index contributed by atoms with van der Waals surface area (Å²) in [4.78, 5) is 2.49. The molecule has 7 heteroatoms. The number of hydrogen-bond acceptors (Lipinski definition) is 5. The molecule has 0 bridgehead atoms. The Morgan fingerprint density at radius 1 is 0.862 bits per heavy atom. The van der Waals surface area contributed by atoms with Gasteiger partial charge in [-0.1, -0.05) is 18.2 Å². The Labute approximate surface area is 171 Å². The average Bonchev–Trinajstić information content (AvgIpc) is 3.25. The fourth-order valence-corrected chi connectivity index (χ4v) is 4.54. The number of hydrogen-bond donors (Lipinski definition) is 1. The Kier molecular flexibility index (Phi) is 5.24. The van der Waals surface area contributed by atoms with E-state index in [4.69, 9.17) is 0 Å². The van der Waals surface area contributed by atoms with E-state index in [1.807, 2.05) is 44.2 Å². The van der Waals surface area contributed by atoms with Crippen LogP contribution in [0.1, 0.15) is 24.0 Å². The number of benzene rings is 2. The minimum absolute atomic E-state index is 0.257. The van der Waals surface area contributed by atoms with E-state index in [-0.39, 0.29) is 4.90 Å². The maximum absolute atomic E-state index is 12.6. The van der Waals surface area contributed by atoms with E-state index in [0.717, 1.165) is 41.3 Å². The number of aryl methyl sites for hydroxylation is 2. The average molecular weight is 409 g/mol. The number of rotatable bonds is 5. The lowest BCUT2D eigenvalue weighted by molar-refractivity contribution is 0.601. The summed E-state index contributed by atoms with van der Waals surface area (Å²) in [6, 6.07) is 16.2. The highest BCUT2D eigenvalue weighted by molar-refractivity contribution is 7.92. The zero-order valence-corrected chi connectivity index (χ0v) is 17.4. The molecule has 0 amide bonds. The molecule has 0 radical (unpaired) electrons. The van der Waals surface area contributed by atoms with Crippen molar-refractivity contribution >= 4 is 21.5 Å². The van der Waals surface area contributed by atoms with Gasteiger partial charge in [0.15, 0.2) is 5.82 Å². The summed E-state index contributed by atoms with van der Waals surface area (Å²) in [6.45, 7) is 5.92. The van der Waals surface area contributed by atoms with Crippen LogP contribution >= 0.6 is 0 Å². The number of anilines is 2. The highest BCUT2D eigenvalue weighted by Crippen LogP contribution is 2.24. The van der Waals surface area contributed by atoms with Gasteiger partial charge in [0.1, 0.15) is 0 Å². The first-order chi connectivity index (χ1) is 13.9. The van der Waals surface area contributed by atoms with E-state index in [1.54, 1.807) is 24.3 Å². The Morgan fingerprint density at radius 3 is 2.21 bits per heavy atom. The Balaban J connectivity index is 1.49. The van der Waals surface area contributed by atoms with Crippen molar-refractivity contribution in [3.05, 3.63) is 65.7 Å². The van der Waals surface area contributed by atoms with Crippen molar-refractivity contribution in [3.63, 3.8) is 0 Å². The van der Waals surface area contributed by atoms with Crippen LogP contribution in [0.2, 0.25) is 0 Å². The van der Waals surface area contributed by atoms with Crippen LogP contribution in [0, 0.1) is 13.8 Å². The number of aromatic nitrogens is 2.